The van der Waals surface area contributed by atoms with Crippen LogP contribution in [0.3, 0.4) is 0 Å². The van der Waals surface area contributed by atoms with Crippen LogP contribution in [-0.2, 0) is 6.42 Å². The second-order valence-electron chi connectivity index (χ2n) is 5.01. The van der Waals surface area contributed by atoms with Gasteiger partial charge < -0.3 is 10.8 Å². The summed E-state index contributed by atoms with van der Waals surface area (Å²) in [4.78, 5) is 0. The molecule has 0 heterocycles. The van der Waals surface area contributed by atoms with E-state index in [1.807, 2.05) is 0 Å². The lowest BCUT2D eigenvalue weighted by Gasteiger charge is -2.35. The molecule has 0 bridgehead atoms. The largest absolute Gasteiger partial charge is 0.389 e. The van der Waals surface area contributed by atoms with Gasteiger partial charge in [0.25, 0.3) is 0 Å². The lowest BCUT2D eigenvalue weighted by Crippen LogP contribution is -2.42. The van der Waals surface area contributed by atoms with Crippen molar-refractivity contribution in [3.05, 3.63) is 34.1 Å². The molecule has 2 rings (SSSR count). The summed E-state index contributed by atoms with van der Waals surface area (Å²) in [7, 11) is 0. The average Bonchev–Trinajstić information content (AvgIpc) is 2.22. The summed E-state index contributed by atoms with van der Waals surface area (Å²) in [6, 6.07) is 4.95. The van der Waals surface area contributed by atoms with E-state index in [0.717, 1.165) is 24.8 Å². The Bertz CT molecular complexity index is 412. The highest BCUT2D eigenvalue weighted by molar-refractivity contribution is 9.10. The smallest absolute Gasteiger partial charge is 0.137 e. The van der Waals surface area contributed by atoms with Crippen LogP contribution in [0.25, 0.3) is 0 Å². The predicted octanol–water partition coefficient (Wildman–Crippen LogP) is 2.76. The fraction of sp³-hybridized carbons (Fsp3) is 0.538. The van der Waals surface area contributed by atoms with Crippen LogP contribution in [0.4, 0.5) is 4.39 Å². The monoisotopic (exact) mass is 301 g/mol. The first-order valence-corrected chi connectivity index (χ1v) is 6.70. The van der Waals surface area contributed by atoms with Gasteiger partial charge in [-0.1, -0.05) is 6.07 Å². The first kappa shape index (κ1) is 13.0. The minimum Gasteiger partial charge on any atom is -0.389 e. The maximum Gasteiger partial charge on any atom is 0.137 e. The van der Waals surface area contributed by atoms with Gasteiger partial charge in [-0.25, -0.2) is 4.39 Å². The molecular weight excluding hydrogens is 285 g/mol. The molecule has 2 atom stereocenters. The molecule has 0 amide bonds. The standard InChI is InChI=1S/C13H17BrFNO/c14-11-6-9(3-4-12(11)15)7-13(17)5-1-2-10(16)8-13/h3-4,6,10,17H,1-2,5,7-8,16H2. The maximum absolute atomic E-state index is 13.1. The van der Waals surface area contributed by atoms with Crippen molar-refractivity contribution in [3.8, 4) is 0 Å². The second kappa shape index (κ2) is 5.04. The third-order valence-electron chi connectivity index (χ3n) is 3.38. The predicted molar refractivity (Wildman–Crippen MR) is 69.2 cm³/mol. The van der Waals surface area contributed by atoms with E-state index in [0.29, 0.717) is 17.3 Å². The summed E-state index contributed by atoms with van der Waals surface area (Å²) < 4.78 is 13.5. The van der Waals surface area contributed by atoms with Crippen molar-refractivity contribution in [2.24, 2.45) is 5.73 Å². The maximum atomic E-state index is 13.1. The van der Waals surface area contributed by atoms with Gasteiger partial charge in [-0.05, 0) is 59.3 Å². The van der Waals surface area contributed by atoms with Gasteiger partial charge in [-0.2, -0.15) is 0 Å². The molecule has 3 N–H and O–H groups in total. The Morgan fingerprint density at radius 1 is 1.53 bits per heavy atom. The zero-order valence-corrected chi connectivity index (χ0v) is 11.2. The summed E-state index contributed by atoms with van der Waals surface area (Å²) in [6.07, 6.45) is 3.88. The zero-order chi connectivity index (χ0) is 12.5. The summed E-state index contributed by atoms with van der Waals surface area (Å²) in [5.41, 5.74) is 6.10. The Labute approximate surface area is 109 Å². The van der Waals surface area contributed by atoms with Gasteiger partial charge in [0.15, 0.2) is 0 Å². The van der Waals surface area contributed by atoms with Gasteiger partial charge in [-0.15, -0.1) is 0 Å². The van der Waals surface area contributed by atoms with Gasteiger partial charge in [0.05, 0.1) is 10.1 Å². The van der Waals surface area contributed by atoms with Crippen molar-refractivity contribution in [2.75, 3.05) is 0 Å². The normalized spacial score (nSPS) is 29.3. The fourth-order valence-corrected chi connectivity index (χ4v) is 3.00. The lowest BCUT2D eigenvalue weighted by molar-refractivity contribution is -0.00193. The average molecular weight is 302 g/mol. The highest BCUT2D eigenvalue weighted by Gasteiger charge is 2.33. The Balaban J connectivity index is 2.11. The molecule has 94 valence electrons. The number of benzene rings is 1. The number of halogens is 2. The Morgan fingerprint density at radius 2 is 2.29 bits per heavy atom. The molecule has 1 aliphatic rings. The molecule has 0 aliphatic heterocycles. The lowest BCUT2D eigenvalue weighted by atomic mass is 9.78. The summed E-state index contributed by atoms with van der Waals surface area (Å²) in [6.45, 7) is 0. The van der Waals surface area contributed by atoms with Crippen molar-refractivity contribution in [2.45, 2.75) is 43.7 Å². The Hall–Kier alpha value is -0.450. The van der Waals surface area contributed by atoms with E-state index in [1.165, 1.54) is 6.07 Å². The van der Waals surface area contributed by atoms with Gasteiger partial charge in [0, 0.05) is 12.5 Å². The third kappa shape index (κ3) is 3.27. The number of aliphatic hydroxyl groups is 1. The van der Waals surface area contributed by atoms with Crippen LogP contribution in [0.15, 0.2) is 22.7 Å². The van der Waals surface area contributed by atoms with Crippen LogP contribution in [-0.4, -0.2) is 16.7 Å². The van der Waals surface area contributed by atoms with E-state index in [-0.39, 0.29) is 11.9 Å². The van der Waals surface area contributed by atoms with Crippen LogP contribution < -0.4 is 5.73 Å². The first-order valence-electron chi connectivity index (χ1n) is 5.90. The minimum absolute atomic E-state index is 0.0811. The second-order valence-corrected chi connectivity index (χ2v) is 5.86. The van der Waals surface area contributed by atoms with Gasteiger partial charge in [0.2, 0.25) is 0 Å². The van der Waals surface area contributed by atoms with Crippen LogP contribution in [0.5, 0.6) is 0 Å². The van der Waals surface area contributed by atoms with E-state index < -0.39 is 5.60 Å². The molecule has 0 spiro atoms. The highest BCUT2D eigenvalue weighted by Crippen LogP contribution is 2.31. The van der Waals surface area contributed by atoms with E-state index in [9.17, 15) is 9.50 Å². The number of rotatable bonds is 2. The molecule has 1 saturated carbocycles. The third-order valence-corrected chi connectivity index (χ3v) is 3.98. The molecule has 2 nitrogen and oxygen atoms in total. The van der Waals surface area contributed by atoms with Crippen molar-refractivity contribution < 1.29 is 9.50 Å². The topological polar surface area (TPSA) is 46.2 Å². The SMILES string of the molecule is NC1CCCC(O)(Cc2ccc(F)c(Br)c2)C1. The van der Waals surface area contributed by atoms with E-state index >= 15 is 0 Å². The molecule has 2 unspecified atom stereocenters. The number of hydrogen-bond donors (Lipinski definition) is 2. The molecule has 1 fully saturated rings. The fourth-order valence-electron chi connectivity index (χ4n) is 2.58. The van der Waals surface area contributed by atoms with E-state index in [2.05, 4.69) is 15.9 Å². The highest BCUT2D eigenvalue weighted by atomic mass is 79.9. The molecule has 1 aliphatic carbocycles. The molecule has 0 saturated heterocycles. The first-order chi connectivity index (χ1) is 7.98. The number of nitrogens with two attached hydrogens (primary N) is 1. The van der Waals surface area contributed by atoms with Gasteiger partial charge in [-0.3, -0.25) is 0 Å². The molecule has 1 aromatic carbocycles. The van der Waals surface area contributed by atoms with E-state index in [1.54, 1.807) is 12.1 Å². The van der Waals surface area contributed by atoms with Crippen LogP contribution in [0.1, 0.15) is 31.2 Å². The van der Waals surface area contributed by atoms with E-state index in [4.69, 9.17) is 5.73 Å². The van der Waals surface area contributed by atoms with Crippen molar-refractivity contribution in [1.29, 1.82) is 0 Å². The van der Waals surface area contributed by atoms with Crippen LogP contribution in [0, 0.1) is 5.82 Å². The quantitative estimate of drug-likeness (QED) is 0.882. The van der Waals surface area contributed by atoms with Crippen molar-refractivity contribution >= 4 is 15.9 Å². The van der Waals surface area contributed by atoms with Crippen LogP contribution >= 0.6 is 15.9 Å². The Kier molecular flexibility index (Phi) is 3.85. The summed E-state index contributed by atoms with van der Waals surface area (Å²) in [5.74, 6) is -0.277. The zero-order valence-electron chi connectivity index (χ0n) is 9.63. The number of hydrogen-bond acceptors (Lipinski definition) is 2. The molecule has 1 aromatic rings. The summed E-state index contributed by atoms with van der Waals surface area (Å²) in [5, 5.41) is 10.5. The molecular formula is C13H17BrFNO. The van der Waals surface area contributed by atoms with Crippen LogP contribution in [0.2, 0.25) is 0 Å². The molecule has 0 aromatic heterocycles. The van der Waals surface area contributed by atoms with Gasteiger partial charge >= 0.3 is 0 Å². The van der Waals surface area contributed by atoms with Crippen molar-refractivity contribution in [1.82, 2.24) is 0 Å². The molecule has 4 heteroatoms. The molecule has 17 heavy (non-hydrogen) atoms. The van der Waals surface area contributed by atoms with Crippen molar-refractivity contribution in [3.63, 3.8) is 0 Å². The molecule has 0 radical (unpaired) electrons. The summed E-state index contributed by atoms with van der Waals surface area (Å²) >= 11 is 3.16. The minimum atomic E-state index is -0.727. The van der Waals surface area contributed by atoms with Gasteiger partial charge in [0.1, 0.15) is 5.82 Å². The Morgan fingerprint density at radius 3 is 2.94 bits per heavy atom.